The molecule has 1 heterocycles. The zero-order valence-corrected chi connectivity index (χ0v) is 17.0. The van der Waals surface area contributed by atoms with Crippen LogP contribution in [0.1, 0.15) is 11.1 Å². The quantitative estimate of drug-likeness (QED) is 0.324. The van der Waals surface area contributed by atoms with Crippen molar-refractivity contribution < 1.29 is 14.2 Å². The van der Waals surface area contributed by atoms with Crippen LogP contribution in [0.25, 0.3) is 22.8 Å². The zero-order chi connectivity index (χ0) is 21.8. The van der Waals surface area contributed by atoms with Crippen molar-refractivity contribution in [3.63, 3.8) is 0 Å². The number of rotatable bonds is 7. The van der Waals surface area contributed by atoms with Gasteiger partial charge in [0.1, 0.15) is 11.4 Å². The first-order valence-electron chi connectivity index (χ1n) is 9.60. The van der Waals surface area contributed by atoms with Crippen LogP contribution in [-0.4, -0.2) is 22.2 Å². The Morgan fingerprint density at radius 2 is 1.87 bits per heavy atom. The summed E-state index contributed by atoms with van der Waals surface area (Å²) in [7, 11) is 1.56. The molecule has 1 aromatic heterocycles. The van der Waals surface area contributed by atoms with Gasteiger partial charge in [-0.15, -0.1) is 0 Å². The van der Waals surface area contributed by atoms with E-state index >= 15 is 0 Å². The van der Waals surface area contributed by atoms with E-state index in [0.29, 0.717) is 34.9 Å². The molecular formula is C23H20N4O4. The second-order valence-electron chi connectivity index (χ2n) is 6.95. The second-order valence-corrected chi connectivity index (χ2v) is 6.95. The van der Waals surface area contributed by atoms with Crippen LogP contribution in [-0.2, 0) is 6.54 Å². The Morgan fingerprint density at radius 3 is 2.61 bits per heavy atom. The highest BCUT2D eigenvalue weighted by Crippen LogP contribution is 2.33. The van der Waals surface area contributed by atoms with Crippen molar-refractivity contribution in [2.45, 2.75) is 13.5 Å². The van der Waals surface area contributed by atoms with Crippen LogP contribution in [0.2, 0.25) is 0 Å². The van der Waals surface area contributed by atoms with E-state index in [1.807, 2.05) is 49.4 Å². The fraction of sp³-hybridized carbons (Fsp3) is 0.130. The number of hydrogen-bond donors (Lipinski definition) is 1. The van der Waals surface area contributed by atoms with Crippen molar-refractivity contribution in [1.82, 2.24) is 10.1 Å². The molecule has 0 spiro atoms. The molecule has 0 saturated carbocycles. The molecule has 0 aliphatic carbocycles. The molecule has 3 aromatic carbocycles. The van der Waals surface area contributed by atoms with Gasteiger partial charge in [-0.3, -0.25) is 10.1 Å². The first-order valence-corrected chi connectivity index (χ1v) is 9.60. The van der Waals surface area contributed by atoms with Crippen molar-refractivity contribution in [3.8, 4) is 28.6 Å². The lowest BCUT2D eigenvalue weighted by Gasteiger charge is -2.08. The maximum Gasteiger partial charge on any atom is 0.293 e. The molecule has 0 bridgehead atoms. The largest absolute Gasteiger partial charge is 0.496 e. The molecule has 0 aliphatic heterocycles. The highest BCUT2D eigenvalue weighted by atomic mass is 16.6. The molecule has 31 heavy (non-hydrogen) atoms. The maximum atomic E-state index is 11.7. The second kappa shape index (κ2) is 8.66. The van der Waals surface area contributed by atoms with Crippen molar-refractivity contribution in [2.24, 2.45) is 0 Å². The van der Waals surface area contributed by atoms with E-state index in [1.54, 1.807) is 25.3 Å². The SMILES string of the molecule is COc1ccccc1-c1noc(-c2ccc(NCc3ccc(C)cc3)c([N+](=O)[O-])c2)n1. The van der Waals surface area contributed by atoms with E-state index in [0.717, 1.165) is 11.1 Å². The first-order chi connectivity index (χ1) is 15.0. The van der Waals surface area contributed by atoms with Gasteiger partial charge in [-0.1, -0.05) is 47.1 Å². The van der Waals surface area contributed by atoms with Crippen LogP contribution in [0, 0.1) is 17.0 Å². The molecular weight excluding hydrogens is 396 g/mol. The summed E-state index contributed by atoms with van der Waals surface area (Å²) < 4.78 is 10.7. The predicted octanol–water partition coefficient (Wildman–Crippen LogP) is 5.24. The molecule has 0 fully saturated rings. The van der Waals surface area contributed by atoms with Crippen molar-refractivity contribution in [2.75, 3.05) is 12.4 Å². The van der Waals surface area contributed by atoms with Crippen molar-refractivity contribution in [3.05, 3.63) is 88.0 Å². The number of benzene rings is 3. The molecule has 0 atom stereocenters. The third-order valence-electron chi connectivity index (χ3n) is 4.82. The van der Waals surface area contributed by atoms with E-state index in [9.17, 15) is 10.1 Å². The van der Waals surface area contributed by atoms with Gasteiger partial charge in [-0.25, -0.2) is 0 Å². The third-order valence-corrected chi connectivity index (χ3v) is 4.82. The van der Waals surface area contributed by atoms with Gasteiger partial charge in [0.25, 0.3) is 11.6 Å². The number of ether oxygens (including phenoxy) is 1. The van der Waals surface area contributed by atoms with Crippen LogP contribution in [0.5, 0.6) is 5.75 Å². The molecule has 4 rings (SSSR count). The van der Waals surface area contributed by atoms with Crippen molar-refractivity contribution >= 4 is 11.4 Å². The van der Waals surface area contributed by atoms with Gasteiger partial charge in [0.05, 0.1) is 17.6 Å². The molecule has 4 aromatic rings. The van der Waals surface area contributed by atoms with Gasteiger partial charge >= 0.3 is 0 Å². The van der Waals surface area contributed by atoms with Gasteiger partial charge in [-0.2, -0.15) is 4.98 Å². The van der Waals surface area contributed by atoms with Gasteiger partial charge in [0, 0.05) is 18.2 Å². The first kappa shape index (κ1) is 20.1. The minimum absolute atomic E-state index is 0.0679. The maximum absolute atomic E-state index is 11.7. The fourth-order valence-electron chi connectivity index (χ4n) is 3.15. The Bertz CT molecular complexity index is 1220. The average molecular weight is 416 g/mol. The summed E-state index contributed by atoms with van der Waals surface area (Å²) in [6.07, 6.45) is 0. The number of nitrogens with zero attached hydrogens (tertiary/aromatic N) is 3. The smallest absolute Gasteiger partial charge is 0.293 e. The fourth-order valence-corrected chi connectivity index (χ4v) is 3.15. The van der Waals surface area contributed by atoms with Crippen molar-refractivity contribution in [1.29, 1.82) is 0 Å². The highest BCUT2D eigenvalue weighted by molar-refractivity contribution is 5.71. The van der Waals surface area contributed by atoms with E-state index in [1.165, 1.54) is 6.07 Å². The molecule has 8 nitrogen and oxygen atoms in total. The van der Waals surface area contributed by atoms with E-state index in [2.05, 4.69) is 15.5 Å². The summed E-state index contributed by atoms with van der Waals surface area (Å²) >= 11 is 0. The number of nitro groups is 1. The monoisotopic (exact) mass is 416 g/mol. The average Bonchev–Trinajstić information content (AvgIpc) is 3.28. The molecule has 0 radical (unpaired) electrons. The summed E-state index contributed by atoms with van der Waals surface area (Å²) in [5.74, 6) is 1.14. The lowest BCUT2D eigenvalue weighted by Crippen LogP contribution is -2.03. The zero-order valence-electron chi connectivity index (χ0n) is 17.0. The van der Waals surface area contributed by atoms with Gasteiger partial charge in [-0.05, 0) is 36.8 Å². The Balaban J connectivity index is 1.60. The summed E-state index contributed by atoms with van der Waals surface area (Å²) in [4.78, 5) is 15.6. The predicted molar refractivity (Wildman–Crippen MR) is 117 cm³/mol. The molecule has 0 saturated heterocycles. The Hall–Kier alpha value is -4.20. The summed E-state index contributed by atoms with van der Waals surface area (Å²) in [6.45, 7) is 2.48. The summed E-state index contributed by atoms with van der Waals surface area (Å²) in [5.41, 5.74) is 3.67. The molecule has 1 N–H and O–H groups in total. The van der Waals surface area contributed by atoms with Crippen LogP contribution in [0.15, 0.2) is 71.3 Å². The van der Waals surface area contributed by atoms with E-state index < -0.39 is 4.92 Å². The summed E-state index contributed by atoms with van der Waals surface area (Å²) in [5, 5.41) is 18.8. The number of nitrogens with one attached hydrogen (secondary N) is 1. The minimum Gasteiger partial charge on any atom is -0.496 e. The highest BCUT2D eigenvalue weighted by Gasteiger charge is 2.19. The Morgan fingerprint density at radius 1 is 1.10 bits per heavy atom. The van der Waals surface area contributed by atoms with Gasteiger partial charge < -0.3 is 14.6 Å². The Labute approximate surface area is 178 Å². The van der Waals surface area contributed by atoms with E-state index in [4.69, 9.17) is 9.26 Å². The van der Waals surface area contributed by atoms with Crippen LogP contribution in [0.3, 0.4) is 0 Å². The van der Waals surface area contributed by atoms with Crippen LogP contribution in [0.4, 0.5) is 11.4 Å². The minimum atomic E-state index is -0.432. The number of aryl methyl sites for hydroxylation is 1. The number of nitro benzene ring substituents is 1. The van der Waals surface area contributed by atoms with Gasteiger partial charge in [0.2, 0.25) is 5.82 Å². The normalized spacial score (nSPS) is 10.6. The number of anilines is 1. The number of para-hydroxylation sites is 1. The van der Waals surface area contributed by atoms with Gasteiger partial charge in [0.15, 0.2) is 0 Å². The third kappa shape index (κ3) is 4.37. The number of hydrogen-bond acceptors (Lipinski definition) is 7. The number of aromatic nitrogens is 2. The topological polar surface area (TPSA) is 103 Å². The van der Waals surface area contributed by atoms with Crippen LogP contribution >= 0.6 is 0 Å². The molecule has 156 valence electrons. The standard InChI is InChI=1S/C23H20N4O4/c1-15-7-9-16(10-8-15)14-24-19-12-11-17(13-20(19)27(28)29)23-25-22(26-31-23)18-5-3-4-6-21(18)30-2/h3-13,24H,14H2,1-2H3. The van der Waals surface area contributed by atoms with Crippen LogP contribution < -0.4 is 10.1 Å². The Kier molecular flexibility index (Phi) is 5.61. The molecule has 0 unspecified atom stereocenters. The lowest BCUT2D eigenvalue weighted by atomic mass is 10.1. The molecule has 0 aliphatic rings. The molecule has 8 heteroatoms. The summed E-state index contributed by atoms with van der Waals surface area (Å²) in [6, 6.07) is 20.1. The molecule has 0 amide bonds. The lowest BCUT2D eigenvalue weighted by molar-refractivity contribution is -0.383. The van der Waals surface area contributed by atoms with E-state index in [-0.39, 0.29) is 11.6 Å². The number of methoxy groups -OCH3 is 1.